The van der Waals surface area contributed by atoms with E-state index in [0.29, 0.717) is 13.0 Å². The van der Waals surface area contributed by atoms with Gasteiger partial charge in [0.15, 0.2) is 0 Å². The highest BCUT2D eigenvalue weighted by atomic mass is 79.9. The van der Waals surface area contributed by atoms with Crippen LogP contribution in [0.5, 0.6) is 5.75 Å². The molecule has 0 aliphatic carbocycles. The Hall–Kier alpha value is -1.60. The summed E-state index contributed by atoms with van der Waals surface area (Å²) in [6, 6.07) is 8.71. The highest BCUT2D eigenvalue weighted by Crippen LogP contribution is 2.34. The van der Waals surface area contributed by atoms with Crippen LogP contribution in [0.2, 0.25) is 0 Å². The van der Waals surface area contributed by atoms with Crippen LogP contribution in [0.1, 0.15) is 18.0 Å². The third kappa shape index (κ3) is 3.84. The summed E-state index contributed by atoms with van der Waals surface area (Å²) in [5.74, 6) is 0.576. The molecular weight excluding hydrogens is 428 g/mol. The molecule has 1 aliphatic rings. The SMILES string of the molecule is O=C(Cn1cc(Br)ccc1=O)NC1CCOc2ccc(Br)cc21. The van der Waals surface area contributed by atoms with Crippen molar-refractivity contribution in [3.63, 3.8) is 0 Å². The van der Waals surface area contributed by atoms with Gasteiger partial charge < -0.3 is 14.6 Å². The van der Waals surface area contributed by atoms with Gasteiger partial charge in [-0.2, -0.15) is 0 Å². The number of pyridine rings is 1. The molecule has 1 N–H and O–H groups in total. The van der Waals surface area contributed by atoms with Gasteiger partial charge in [0.1, 0.15) is 12.3 Å². The second-order valence-corrected chi connectivity index (χ2v) is 7.08. The standard InChI is InChI=1S/C16H14Br2N2O3/c17-10-1-3-14-12(7-10)13(5-6-23-14)19-15(21)9-20-8-11(18)2-4-16(20)22/h1-4,7-8,13H,5-6,9H2,(H,19,21). The number of carbonyl (C=O) groups is 1. The van der Waals surface area contributed by atoms with E-state index in [1.165, 1.54) is 10.6 Å². The summed E-state index contributed by atoms with van der Waals surface area (Å²) >= 11 is 6.74. The molecule has 23 heavy (non-hydrogen) atoms. The molecule has 1 aromatic carbocycles. The van der Waals surface area contributed by atoms with Crippen molar-refractivity contribution in [1.29, 1.82) is 0 Å². The molecule has 5 nitrogen and oxygen atoms in total. The maximum absolute atomic E-state index is 12.3. The van der Waals surface area contributed by atoms with E-state index in [0.717, 1.165) is 20.3 Å². The molecule has 1 aromatic heterocycles. The third-order valence-electron chi connectivity index (χ3n) is 3.61. The van der Waals surface area contributed by atoms with Crippen molar-refractivity contribution in [2.24, 2.45) is 0 Å². The van der Waals surface area contributed by atoms with Crippen LogP contribution in [-0.2, 0) is 11.3 Å². The average Bonchev–Trinajstić information content (AvgIpc) is 2.51. The number of carbonyl (C=O) groups excluding carboxylic acids is 1. The summed E-state index contributed by atoms with van der Waals surface area (Å²) in [6.45, 7) is 0.537. The molecule has 7 heteroatoms. The van der Waals surface area contributed by atoms with Gasteiger partial charge in [0.05, 0.1) is 12.6 Å². The van der Waals surface area contributed by atoms with Gasteiger partial charge in [-0.05, 0) is 40.2 Å². The van der Waals surface area contributed by atoms with Crippen LogP contribution < -0.4 is 15.6 Å². The first kappa shape index (κ1) is 16.3. The van der Waals surface area contributed by atoms with Gasteiger partial charge in [0.25, 0.3) is 5.56 Å². The van der Waals surface area contributed by atoms with Crippen LogP contribution in [0.15, 0.2) is 50.3 Å². The van der Waals surface area contributed by atoms with Gasteiger partial charge in [-0.25, -0.2) is 0 Å². The van der Waals surface area contributed by atoms with Crippen molar-refractivity contribution in [3.8, 4) is 5.75 Å². The number of ether oxygens (including phenoxy) is 1. The van der Waals surface area contributed by atoms with E-state index in [1.54, 1.807) is 12.3 Å². The first-order chi connectivity index (χ1) is 11.0. The topological polar surface area (TPSA) is 60.3 Å². The van der Waals surface area contributed by atoms with Crippen LogP contribution >= 0.6 is 31.9 Å². The van der Waals surface area contributed by atoms with Crippen LogP contribution in [-0.4, -0.2) is 17.1 Å². The van der Waals surface area contributed by atoms with Crippen molar-refractivity contribution in [2.75, 3.05) is 6.61 Å². The first-order valence-corrected chi connectivity index (χ1v) is 8.69. The number of benzene rings is 1. The zero-order chi connectivity index (χ0) is 16.4. The highest BCUT2D eigenvalue weighted by Gasteiger charge is 2.23. The number of aromatic nitrogens is 1. The number of rotatable bonds is 3. The van der Waals surface area contributed by atoms with Crippen LogP contribution in [0.4, 0.5) is 0 Å². The first-order valence-electron chi connectivity index (χ1n) is 7.10. The van der Waals surface area contributed by atoms with E-state index in [4.69, 9.17) is 4.74 Å². The molecule has 2 heterocycles. The lowest BCUT2D eigenvalue weighted by molar-refractivity contribution is -0.122. The molecule has 3 rings (SSSR count). The Bertz CT molecular complexity index is 804. The lowest BCUT2D eigenvalue weighted by Gasteiger charge is -2.27. The molecule has 1 aliphatic heterocycles. The van der Waals surface area contributed by atoms with Crippen LogP contribution in [0.25, 0.3) is 0 Å². The number of hydrogen-bond donors (Lipinski definition) is 1. The number of amides is 1. The number of fused-ring (bicyclic) bond motifs is 1. The van der Waals surface area contributed by atoms with Crippen molar-refractivity contribution >= 4 is 37.8 Å². The highest BCUT2D eigenvalue weighted by molar-refractivity contribution is 9.10. The number of nitrogens with one attached hydrogen (secondary N) is 1. The monoisotopic (exact) mass is 440 g/mol. The molecule has 0 bridgehead atoms. The van der Waals surface area contributed by atoms with Gasteiger partial charge in [-0.1, -0.05) is 15.9 Å². The van der Waals surface area contributed by atoms with Crippen LogP contribution in [0.3, 0.4) is 0 Å². The summed E-state index contributed by atoms with van der Waals surface area (Å²) in [6.07, 6.45) is 2.30. The second kappa shape index (κ2) is 6.88. The molecule has 0 saturated heterocycles. The Kier molecular flexibility index (Phi) is 4.87. The normalized spacial score (nSPS) is 16.3. The Balaban J connectivity index is 1.75. The lowest BCUT2D eigenvalue weighted by Crippen LogP contribution is -2.36. The molecule has 0 fully saturated rings. The van der Waals surface area contributed by atoms with E-state index >= 15 is 0 Å². The van der Waals surface area contributed by atoms with Gasteiger partial charge in [-0.15, -0.1) is 0 Å². The zero-order valence-electron chi connectivity index (χ0n) is 12.1. The molecule has 0 radical (unpaired) electrons. The van der Waals surface area contributed by atoms with Gasteiger partial charge in [0, 0.05) is 33.2 Å². The fourth-order valence-electron chi connectivity index (χ4n) is 2.54. The molecule has 0 spiro atoms. The summed E-state index contributed by atoms with van der Waals surface area (Å²) in [5.41, 5.74) is 0.735. The summed E-state index contributed by atoms with van der Waals surface area (Å²) in [7, 11) is 0. The Labute approximate surface area is 149 Å². The molecule has 1 amide bonds. The average molecular weight is 442 g/mol. The minimum atomic E-state index is -0.210. The largest absolute Gasteiger partial charge is 0.493 e. The van der Waals surface area contributed by atoms with Crippen molar-refractivity contribution < 1.29 is 9.53 Å². The molecule has 120 valence electrons. The smallest absolute Gasteiger partial charge is 0.251 e. The van der Waals surface area contributed by atoms with Gasteiger partial charge in [-0.3, -0.25) is 9.59 Å². The summed E-state index contributed by atoms with van der Waals surface area (Å²) in [5, 5.41) is 2.98. The minimum absolute atomic E-state index is 0.0149. The zero-order valence-corrected chi connectivity index (χ0v) is 15.3. The predicted octanol–water partition coefficient (Wildman–Crippen LogP) is 3.01. The lowest BCUT2D eigenvalue weighted by atomic mass is 10.0. The van der Waals surface area contributed by atoms with E-state index in [2.05, 4.69) is 37.2 Å². The molecule has 2 aromatic rings. The molecular formula is C16H14Br2N2O3. The quantitative estimate of drug-likeness (QED) is 0.796. The summed E-state index contributed by atoms with van der Waals surface area (Å²) < 4.78 is 8.67. The Morgan fingerprint density at radius 3 is 2.87 bits per heavy atom. The van der Waals surface area contributed by atoms with Crippen molar-refractivity contribution in [2.45, 2.75) is 19.0 Å². The fraction of sp³-hybridized carbons (Fsp3) is 0.250. The third-order valence-corrected chi connectivity index (χ3v) is 4.57. The van der Waals surface area contributed by atoms with Crippen LogP contribution in [0, 0.1) is 0 Å². The molecule has 1 unspecified atom stereocenters. The van der Waals surface area contributed by atoms with E-state index in [-0.39, 0.29) is 24.1 Å². The van der Waals surface area contributed by atoms with Gasteiger partial charge >= 0.3 is 0 Å². The predicted molar refractivity (Wildman–Crippen MR) is 93.5 cm³/mol. The van der Waals surface area contributed by atoms with E-state index in [1.807, 2.05) is 18.2 Å². The van der Waals surface area contributed by atoms with Crippen molar-refractivity contribution in [3.05, 3.63) is 61.4 Å². The van der Waals surface area contributed by atoms with E-state index in [9.17, 15) is 9.59 Å². The number of nitrogens with zero attached hydrogens (tertiary/aromatic N) is 1. The maximum atomic E-state index is 12.3. The van der Waals surface area contributed by atoms with E-state index < -0.39 is 0 Å². The number of halogens is 2. The molecule has 0 saturated carbocycles. The van der Waals surface area contributed by atoms with Gasteiger partial charge in [0.2, 0.25) is 5.91 Å². The molecule has 1 atom stereocenters. The second-order valence-electron chi connectivity index (χ2n) is 5.25. The Morgan fingerprint density at radius 2 is 2.04 bits per heavy atom. The fourth-order valence-corrected chi connectivity index (χ4v) is 3.29. The minimum Gasteiger partial charge on any atom is -0.493 e. The van der Waals surface area contributed by atoms with Crippen molar-refractivity contribution in [1.82, 2.24) is 9.88 Å². The maximum Gasteiger partial charge on any atom is 0.251 e. The Morgan fingerprint density at radius 1 is 1.26 bits per heavy atom. The number of hydrogen-bond acceptors (Lipinski definition) is 3. The summed E-state index contributed by atoms with van der Waals surface area (Å²) in [4.78, 5) is 24.1.